The molecule has 1 amide bonds. The van der Waals surface area contributed by atoms with Crippen molar-refractivity contribution >= 4 is 50.4 Å². The summed E-state index contributed by atoms with van der Waals surface area (Å²) in [7, 11) is 0. The van der Waals surface area contributed by atoms with Gasteiger partial charge in [0.2, 0.25) is 5.91 Å². The molecule has 5 nitrogen and oxygen atoms in total. The summed E-state index contributed by atoms with van der Waals surface area (Å²) in [5.74, 6) is -0.402. The van der Waals surface area contributed by atoms with Crippen molar-refractivity contribution in [1.82, 2.24) is 14.9 Å². The Labute approximate surface area is 174 Å². The highest BCUT2D eigenvalue weighted by Crippen LogP contribution is 2.17. The van der Waals surface area contributed by atoms with Gasteiger partial charge in [-0.2, -0.15) is 0 Å². The Bertz CT molecular complexity index is 1130. The Morgan fingerprint density at radius 2 is 2.11 bits per heavy atom. The largest absolute Gasteiger partial charge is 0.332 e. The maximum atomic E-state index is 13.8. The quantitative estimate of drug-likeness (QED) is 0.564. The molecule has 8 heteroatoms. The van der Waals surface area contributed by atoms with Gasteiger partial charge < -0.3 is 9.88 Å². The van der Waals surface area contributed by atoms with Crippen molar-refractivity contribution in [3.05, 3.63) is 79.5 Å². The van der Waals surface area contributed by atoms with E-state index in [1.165, 1.54) is 23.1 Å². The number of likely N-dealkylation sites (N-methyl/N-ethyl adjacent to an activating group) is 1. The van der Waals surface area contributed by atoms with E-state index in [1.807, 2.05) is 0 Å². The molecule has 0 aliphatic carbocycles. The molecule has 0 aliphatic heterocycles. The maximum absolute atomic E-state index is 13.8. The van der Waals surface area contributed by atoms with Crippen molar-refractivity contribution in [3.8, 4) is 0 Å². The Morgan fingerprint density at radius 3 is 2.86 bits per heavy atom. The summed E-state index contributed by atoms with van der Waals surface area (Å²) in [6.07, 6.45) is 2.71. The van der Waals surface area contributed by atoms with Crippen LogP contribution in [0.1, 0.15) is 18.3 Å². The Balaban J connectivity index is 1.82. The van der Waals surface area contributed by atoms with Crippen LogP contribution >= 0.6 is 27.5 Å². The molecule has 3 aromatic rings. The lowest BCUT2D eigenvalue weighted by molar-refractivity contribution is -0.126. The second kappa shape index (κ2) is 8.67. The number of H-pyrrole nitrogens is 1. The van der Waals surface area contributed by atoms with Gasteiger partial charge >= 0.3 is 0 Å². The summed E-state index contributed by atoms with van der Waals surface area (Å²) in [5, 5.41) is 0.895. The van der Waals surface area contributed by atoms with Crippen molar-refractivity contribution in [1.29, 1.82) is 0 Å². The van der Waals surface area contributed by atoms with E-state index in [9.17, 15) is 14.0 Å². The average molecular weight is 465 g/mol. The third-order valence-electron chi connectivity index (χ3n) is 4.12. The zero-order chi connectivity index (χ0) is 20.3. The molecule has 0 fully saturated rings. The number of hydrogen-bond acceptors (Lipinski definition) is 3. The van der Waals surface area contributed by atoms with E-state index >= 15 is 0 Å². The molecule has 3 rings (SSSR count). The van der Waals surface area contributed by atoms with Crippen LogP contribution in [0.5, 0.6) is 0 Å². The summed E-state index contributed by atoms with van der Waals surface area (Å²) in [6.45, 7) is 2.31. The van der Waals surface area contributed by atoms with Crippen molar-refractivity contribution in [2.24, 2.45) is 0 Å². The number of fused-ring (bicyclic) bond motifs is 1. The summed E-state index contributed by atoms with van der Waals surface area (Å²) in [4.78, 5) is 33.3. The molecule has 0 radical (unpaired) electrons. The molecular formula is C20H16BrClFN3O2. The van der Waals surface area contributed by atoms with Crippen LogP contribution in [0.2, 0.25) is 5.02 Å². The lowest BCUT2D eigenvalue weighted by atomic mass is 10.2. The van der Waals surface area contributed by atoms with Crippen LogP contribution < -0.4 is 5.56 Å². The van der Waals surface area contributed by atoms with Gasteiger partial charge in [0.15, 0.2) is 0 Å². The number of benzene rings is 2. The van der Waals surface area contributed by atoms with Crippen LogP contribution in [0.25, 0.3) is 17.0 Å². The zero-order valence-electron chi connectivity index (χ0n) is 14.9. The molecule has 0 saturated carbocycles. The number of carbonyl (C=O) groups excluding carboxylic acids is 1. The number of amides is 1. The summed E-state index contributed by atoms with van der Waals surface area (Å²) < 4.78 is 14.5. The first kappa shape index (κ1) is 20.2. The van der Waals surface area contributed by atoms with Crippen LogP contribution in [0.4, 0.5) is 4.39 Å². The third kappa shape index (κ3) is 4.66. The first-order valence-corrected chi connectivity index (χ1v) is 9.65. The van der Waals surface area contributed by atoms with Gasteiger partial charge in [-0.05, 0) is 49.4 Å². The lowest BCUT2D eigenvalue weighted by Gasteiger charge is -2.18. The highest BCUT2D eigenvalue weighted by Gasteiger charge is 2.13. The van der Waals surface area contributed by atoms with Crippen LogP contribution in [0.3, 0.4) is 0 Å². The van der Waals surface area contributed by atoms with Gasteiger partial charge in [-0.25, -0.2) is 9.37 Å². The summed E-state index contributed by atoms with van der Waals surface area (Å²) >= 11 is 9.24. The Hall–Kier alpha value is -2.51. The number of nitrogens with zero attached hydrogens (tertiary/aromatic N) is 2. The predicted molar refractivity (Wildman–Crippen MR) is 112 cm³/mol. The highest BCUT2D eigenvalue weighted by atomic mass is 79.9. The molecule has 0 aliphatic rings. The van der Waals surface area contributed by atoms with Gasteiger partial charge in [-0.3, -0.25) is 9.59 Å². The zero-order valence-corrected chi connectivity index (χ0v) is 17.2. The summed E-state index contributed by atoms with van der Waals surface area (Å²) in [6, 6.07) is 9.31. The second-order valence-corrected chi connectivity index (χ2v) is 7.38. The molecule has 1 N–H and O–H groups in total. The minimum atomic E-state index is -0.423. The monoisotopic (exact) mass is 463 g/mol. The van der Waals surface area contributed by atoms with E-state index in [0.29, 0.717) is 38.3 Å². The van der Waals surface area contributed by atoms with Gasteiger partial charge in [0.25, 0.3) is 5.56 Å². The normalized spacial score (nSPS) is 11.3. The van der Waals surface area contributed by atoms with Gasteiger partial charge in [-0.1, -0.05) is 27.5 Å². The molecule has 0 bridgehead atoms. The average Bonchev–Trinajstić information content (AvgIpc) is 2.66. The predicted octanol–water partition coefficient (Wildman–Crippen LogP) is 4.54. The number of nitrogens with one attached hydrogen (secondary N) is 1. The van der Waals surface area contributed by atoms with Crippen molar-refractivity contribution in [2.75, 3.05) is 6.54 Å². The molecule has 2 aromatic carbocycles. The number of aromatic amines is 1. The topological polar surface area (TPSA) is 66.1 Å². The second-order valence-electron chi connectivity index (χ2n) is 6.03. The molecular weight excluding hydrogens is 449 g/mol. The van der Waals surface area contributed by atoms with Crippen LogP contribution in [0, 0.1) is 5.82 Å². The van der Waals surface area contributed by atoms with Gasteiger partial charge in [0.05, 0.1) is 17.4 Å². The smallest absolute Gasteiger partial charge is 0.258 e. The SMILES string of the molecule is CCN(Cc1nc2cc(Cl)ccc2c(=O)[nH]1)C(=O)/C=C\c1cc(Br)ccc1F. The van der Waals surface area contributed by atoms with Crippen LogP contribution in [-0.4, -0.2) is 27.3 Å². The Morgan fingerprint density at radius 1 is 1.32 bits per heavy atom. The first-order chi connectivity index (χ1) is 13.4. The maximum Gasteiger partial charge on any atom is 0.258 e. The molecule has 1 heterocycles. The highest BCUT2D eigenvalue weighted by molar-refractivity contribution is 9.10. The minimum Gasteiger partial charge on any atom is -0.332 e. The van der Waals surface area contributed by atoms with E-state index in [-0.39, 0.29) is 18.0 Å². The van der Waals surface area contributed by atoms with Gasteiger partial charge in [-0.15, -0.1) is 0 Å². The van der Waals surface area contributed by atoms with E-state index in [1.54, 1.807) is 37.3 Å². The fraction of sp³-hybridized carbons (Fsp3) is 0.150. The molecule has 0 unspecified atom stereocenters. The van der Waals surface area contributed by atoms with Crippen molar-refractivity contribution in [2.45, 2.75) is 13.5 Å². The standard InChI is InChI=1S/C20H16BrClFN3O2/c1-2-26(19(27)8-3-12-9-13(21)4-7-16(12)23)11-18-24-17-10-14(22)5-6-15(17)20(28)25-18/h3-10H,2,11H2,1H3,(H,24,25,28)/b8-3-. The first-order valence-electron chi connectivity index (χ1n) is 8.48. The van der Waals surface area contributed by atoms with E-state index < -0.39 is 5.82 Å². The molecule has 28 heavy (non-hydrogen) atoms. The van der Waals surface area contributed by atoms with Crippen LogP contribution in [0.15, 0.2) is 51.7 Å². The summed E-state index contributed by atoms with van der Waals surface area (Å²) in [5.41, 5.74) is 0.457. The van der Waals surface area contributed by atoms with E-state index in [0.717, 1.165) is 0 Å². The van der Waals surface area contributed by atoms with Crippen molar-refractivity contribution in [3.63, 3.8) is 0 Å². The Kier molecular flexibility index (Phi) is 6.26. The number of carbonyl (C=O) groups is 1. The van der Waals surface area contributed by atoms with E-state index in [4.69, 9.17) is 11.6 Å². The van der Waals surface area contributed by atoms with Gasteiger partial charge in [0.1, 0.15) is 11.6 Å². The molecule has 144 valence electrons. The fourth-order valence-corrected chi connectivity index (χ4v) is 3.22. The molecule has 0 atom stereocenters. The number of halogens is 3. The number of rotatable bonds is 5. The fourth-order valence-electron chi connectivity index (χ4n) is 2.67. The van der Waals surface area contributed by atoms with Crippen molar-refractivity contribution < 1.29 is 9.18 Å². The van der Waals surface area contributed by atoms with Crippen LogP contribution in [-0.2, 0) is 11.3 Å². The van der Waals surface area contributed by atoms with Gasteiger partial charge in [0, 0.05) is 27.7 Å². The lowest BCUT2D eigenvalue weighted by Crippen LogP contribution is -2.30. The number of hydrogen-bond donors (Lipinski definition) is 1. The third-order valence-corrected chi connectivity index (χ3v) is 4.84. The molecule has 0 saturated heterocycles. The molecule has 0 spiro atoms. The minimum absolute atomic E-state index is 0.109. The van der Waals surface area contributed by atoms with E-state index in [2.05, 4.69) is 25.9 Å². The molecule has 1 aromatic heterocycles. The number of aromatic nitrogens is 2.